The number of nitrogens with one attached hydrogen (secondary N) is 1. The van der Waals surface area contributed by atoms with Crippen LogP contribution in [0.25, 0.3) is 0 Å². The summed E-state index contributed by atoms with van der Waals surface area (Å²) in [5.41, 5.74) is 5.94. The highest BCUT2D eigenvalue weighted by Crippen LogP contribution is 2.56. The van der Waals surface area contributed by atoms with E-state index in [0.717, 1.165) is 0 Å². The first kappa shape index (κ1) is 80.0. The molecular weight excluding hydrogens is 1470 g/mol. The highest BCUT2D eigenvalue weighted by molar-refractivity contribution is 7.87. The van der Waals surface area contributed by atoms with Gasteiger partial charge in [-0.25, -0.2) is 16.8 Å². The number of aliphatic hydroxyl groups is 1. The number of rotatable bonds is 10. The fourth-order valence-corrected chi connectivity index (χ4v) is 14.3. The zero-order valence-electron chi connectivity index (χ0n) is 47.9. The van der Waals surface area contributed by atoms with Crippen LogP contribution in [0, 0.1) is 19.7 Å². The Balaban J connectivity index is 0.000000547. The molecule has 0 radical (unpaired) electrons. The SMILES string of the molecule is CC(C)(C)c1cccc([I+]c2ccccc2)c1C(C)(C)C.CC(C)(C)c1cccc([I+]c2ccccc2)c1C(C)(C)C.CC1(C)C(=O)NC(=O)C1O.O=S(=O)([O-])C(F)(F)C(F)(F)C(F)(F)C(F)(F)F.O=S(=O)([O-])C(F)(F)C(F)(F)C(F)(F)C(F)(F)F. The molecule has 2 N–H and O–H groups in total. The van der Waals surface area contributed by atoms with Gasteiger partial charge in [0.05, 0.1) is 5.41 Å². The molecule has 488 valence electrons. The van der Waals surface area contributed by atoms with Crippen LogP contribution in [0.5, 0.6) is 0 Å². The van der Waals surface area contributed by atoms with Crippen LogP contribution in [-0.4, -0.2) is 95.5 Å². The van der Waals surface area contributed by atoms with Crippen LogP contribution in [0.2, 0.25) is 0 Å². The lowest BCUT2D eigenvalue weighted by atomic mass is 9.75. The molecule has 1 unspecified atom stereocenters. The summed E-state index contributed by atoms with van der Waals surface area (Å²) in [7, 11) is -14.8. The third-order valence-electron chi connectivity index (χ3n) is 11.6. The molecule has 1 aliphatic rings. The van der Waals surface area contributed by atoms with E-state index < -0.39 is 90.1 Å². The lowest BCUT2D eigenvalue weighted by Crippen LogP contribution is -3.61. The summed E-state index contributed by atoms with van der Waals surface area (Å²) in [6.07, 6.45) is -15.5. The molecule has 32 heteroatoms. The van der Waals surface area contributed by atoms with Crippen molar-refractivity contribution in [3.63, 3.8) is 0 Å². The van der Waals surface area contributed by atoms with Crippen molar-refractivity contribution in [3.05, 3.63) is 134 Å². The highest BCUT2D eigenvalue weighted by Gasteiger charge is 2.85. The van der Waals surface area contributed by atoms with Gasteiger partial charge in [0.15, 0.2) is 34.5 Å². The third-order valence-corrected chi connectivity index (χ3v) is 19.1. The van der Waals surface area contributed by atoms with Crippen LogP contribution in [0.3, 0.4) is 0 Å². The molecule has 0 aliphatic carbocycles. The zero-order chi connectivity index (χ0) is 68.3. The van der Waals surface area contributed by atoms with Crippen LogP contribution < -0.4 is 47.7 Å². The van der Waals surface area contributed by atoms with E-state index in [0.29, 0.717) is 0 Å². The topological polar surface area (TPSA) is 181 Å². The minimum atomic E-state index is -7.43. The van der Waals surface area contributed by atoms with E-state index >= 15 is 0 Å². The summed E-state index contributed by atoms with van der Waals surface area (Å²) in [4.78, 5) is 21.4. The number of alkyl halides is 18. The molecular formula is C54H61F18I2NO9S2. The molecule has 0 bridgehead atoms. The fraction of sp³-hybridized carbons (Fsp3) is 0.519. The van der Waals surface area contributed by atoms with Crippen LogP contribution in [0.4, 0.5) is 79.0 Å². The van der Waals surface area contributed by atoms with Crippen LogP contribution in [0.1, 0.15) is 119 Å². The molecule has 0 aromatic heterocycles. The Hall–Kier alpha value is -4.00. The largest absolute Gasteiger partial charge is 0.743 e. The number of aliphatic hydroxyl groups excluding tert-OH is 1. The van der Waals surface area contributed by atoms with E-state index in [-0.39, 0.29) is 64.1 Å². The first-order valence-electron chi connectivity index (χ1n) is 24.4. The van der Waals surface area contributed by atoms with Gasteiger partial charge in [0.25, 0.3) is 5.91 Å². The second-order valence-corrected chi connectivity index (χ2v) is 32.0. The number of hydrogen-bond donors (Lipinski definition) is 2. The number of hydrogen-bond acceptors (Lipinski definition) is 9. The Morgan fingerprint density at radius 3 is 0.872 bits per heavy atom. The number of halogens is 20. The van der Waals surface area contributed by atoms with E-state index in [4.69, 9.17) is 5.11 Å². The van der Waals surface area contributed by atoms with Crippen molar-refractivity contribution in [3.8, 4) is 0 Å². The molecule has 1 fully saturated rings. The summed E-state index contributed by atoms with van der Waals surface area (Å²) in [6, 6.07) is 35.7. The van der Waals surface area contributed by atoms with Gasteiger partial charge < -0.3 is 14.2 Å². The Morgan fingerprint density at radius 2 is 0.698 bits per heavy atom. The van der Waals surface area contributed by atoms with E-state index in [1.54, 1.807) is 18.3 Å². The van der Waals surface area contributed by atoms with Crippen molar-refractivity contribution in [2.24, 2.45) is 5.41 Å². The monoisotopic (exact) mass is 1530 g/mol. The second kappa shape index (κ2) is 27.2. The Morgan fingerprint density at radius 1 is 0.430 bits per heavy atom. The summed E-state index contributed by atoms with van der Waals surface area (Å²) in [6.45, 7) is 31.0. The minimum absolute atomic E-state index is 0.124. The maximum absolute atomic E-state index is 12.2. The van der Waals surface area contributed by atoms with Crippen LogP contribution in [-0.2, 0) is 51.5 Å². The Bertz CT molecular complexity index is 3000. The van der Waals surface area contributed by atoms with Crippen LogP contribution in [0.15, 0.2) is 97.1 Å². The first-order chi connectivity index (χ1) is 37.8. The molecule has 1 atom stereocenters. The average Bonchev–Trinajstić information content (AvgIpc) is 1.07. The van der Waals surface area contributed by atoms with Gasteiger partial charge in [-0.2, -0.15) is 79.0 Å². The van der Waals surface area contributed by atoms with Gasteiger partial charge in [-0.3, -0.25) is 14.9 Å². The van der Waals surface area contributed by atoms with Crippen molar-refractivity contribution >= 4 is 32.1 Å². The first-order valence-corrected chi connectivity index (χ1v) is 31.5. The van der Waals surface area contributed by atoms with Crippen molar-refractivity contribution in [2.75, 3.05) is 0 Å². The number of amides is 2. The van der Waals surface area contributed by atoms with E-state index in [1.165, 1.54) is 32.1 Å². The fourth-order valence-electron chi connectivity index (χ4n) is 7.00. The second-order valence-electron chi connectivity index (χ2n) is 23.3. The number of carbonyl (C=O) groups is 2. The minimum Gasteiger partial charge on any atom is -0.743 e. The van der Waals surface area contributed by atoms with Crippen molar-refractivity contribution < 1.29 is 162 Å². The smallest absolute Gasteiger partial charge is 0.460 e. The van der Waals surface area contributed by atoms with Gasteiger partial charge in [-0.05, 0) is 83.0 Å². The van der Waals surface area contributed by atoms with Gasteiger partial charge in [-0.15, -0.1) is 0 Å². The number of imide groups is 1. The molecule has 1 saturated heterocycles. The van der Waals surface area contributed by atoms with E-state index in [2.05, 4.69) is 180 Å². The summed E-state index contributed by atoms with van der Waals surface area (Å²) < 4.78 is 277. The van der Waals surface area contributed by atoms with Crippen LogP contribution >= 0.6 is 0 Å². The normalized spacial score (nSPS) is 16.0. The highest BCUT2D eigenvalue weighted by atomic mass is 127. The molecule has 0 spiro atoms. The average molecular weight is 1530 g/mol. The van der Waals surface area contributed by atoms with Gasteiger partial charge in [0.2, 0.25) is 5.91 Å². The number of benzene rings is 4. The predicted molar refractivity (Wildman–Crippen MR) is 269 cm³/mol. The molecule has 5 rings (SSSR count). The van der Waals surface area contributed by atoms with Crippen molar-refractivity contribution in [1.82, 2.24) is 5.32 Å². The number of carbonyl (C=O) groups excluding carboxylic acids is 2. The molecule has 0 saturated carbocycles. The summed E-state index contributed by atoms with van der Waals surface area (Å²) >= 11 is -0.248. The zero-order valence-corrected chi connectivity index (χ0v) is 53.9. The lowest BCUT2D eigenvalue weighted by molar-refractivity contribution is -0.599. The van der Waals surface area contributed by atoms with Gasteiger partial charge >= 0.3 is 89.0 Å². The van der Waals surface area contributed by atoms with E-state index in [1.807, 2.05) is 5.32 Å². The standard InChI is InChI=1S/2C20H26I.C6H9NO3.2C4HF9O3S/c2*1-19(2,3)16-13-10-14-17(18(16)20(4,5)6)21-15-11-8-7-9-12-15;1-6(2)3(8)4(9)7-5(6)10;2*5-1(6,3(9,10)11)2(7,8)4(12,13)17(14,15)16/h2*7-14H,1-6H3;3,8H,1-2H3,(H,7,9,10);2*(H,14,15,16)/q2*+1;;;/p-2. The maximum atomic E-state index is 12.2. The van der Waals surface area contributed by atoms with Gasteiger partial charge in [0.1, 0.15) is 6.10 Å². The van der Waals surface area contributed by atoms with Gasteiger partial charge in [-0.1, -0.05) is 144 Å². The molecule has 1 aliphatic heterocycles. The molecule has 1 heterocycles. The summed E-state index contributed by atoms with van der Waals surface area (Å²) in [5.74, 6) is -30.7. The molecule has 4 aromatic carbocycles. The third kappa shape index (κ3) is 18.6. The van der Waals surface area contributed by atoms with E-state index in [9.17, 15) is 115 Å². The molecule has 86 heavy (non-hydrogen) atoms. The maximum Gasteiger partial charge on any atom is 0.460 e. The molecule has 4 aromatic rings. The molecule has 10 nitrogen and oxygen atoms in total. The van der Waals surface area contributed by atoms with Gasteiger partial charge in [0, 0.05) is 11.1 Å². The molecule has 2 amide bonds. The van der Waals surface area contributed by atoms with Crippen molar-refractivity contribution in [1.29, 1.82) is 0 Å². The predicted octanol–water partition coefficient (Wildman–Crippen LogP) is 7.76. The lowest BCUT2D eigenvalue weighted by Gasteiger charge is -2.34. The Kier molecular flexibility index (Phi) is 25.3. The summed E-state index contributed by atoms with van der Waals surface area (Å²) in [5, 5.41) is -3.13. The quantitative estimate of drug-likeness (QED) is 0.0695. The Labute approximate surface area is 506 Å². The van der Waals surface area contributed by atoms with Crippen molar-refractivity contribution in [2.45, 2.75) is 171 Å².